The number of fused-ring (bicyclic) bond motifs is 2. The highest BCUT2D eigenvalue weighted by Gasteiger charge is 2.17. The maximum absolute atomic E-state index is 12.2. The minimum Gasteiger partial charge on any atom is -0.454 e. The number of hydrogen-bond acceptors (Lipinski definition) is 5. The molecule has 0 saturated carbocycles. The van der Waals surface area contributed by atoms with E-state index in [1.165, 1.54) is 0 Å². The number of ether oxygens (including phenoxy) is 3. The molecule has 0 fully saturated rings. The van der Waals surface area contributed by atoms with Crippen LogP contribution in [-0.2, 0) is 9.53 Å². The summed E-state index contributed by atoms with van der Waals surface area (Å²) in [6, 6.07) is 18.3. The number of hydrogen-bond donors (Lipinski definition) is 1. The summed E-state index contributed by atoms with van der Waals surface area (Å²) in [5.41, 5.74) is 1.29. The van der Waals surface area contributed by atoms with Gasteiger partial charge in [-0.05, 0) is 47.5 Å². The summed E-state index contributed by atoms with van der Waals surface area (Å²) in [6.07, 6.45) is 0. The van der Waals surface area contributed by atoms with E-state index < -0.39 is 5.97 Å². The van der Waals surface area contributed by atoms with Gasteiger partial charge in [0.1, 0.15) is 0 Å². The number of esters is 1. The van der Waals surface area contributed by atoms with Crippen LogP contribution < -0.4 is 14.8 Å². The number of nitrogens with one attached hydrogen (secondary N) is 1. The van der Waals surface area contributed by atoms with E-state index in [1.807, 2.05) is 49.4 Å². The van der Waals surface area contributed by atoms with Gasteiger partial charge in [-0.3, -0.25) is 4.79 Å². The third-order valence-corrected chi connectivity index (χ3v) is 4.59. The van der Waals surface area contributed by atoms with Crippen molar-refractivity contribution in [1.82, 2.24) is 5.32 Å². The average molecular weight is 377 g/mol. The molecule has 1 atom stereocenters. The first-order chi connectivity index (χ1) is 13.6. The van der Waals surface area contributed by atoms with E-state index in [-0.39, 0.29) is 25.3 Å². The number of amides is 1. The van der Waals surface area contributed by atoms with Crippen molar-refractivity contribution < 1.29 is 23.8 Å². The van der Waals surface area contributed by atoms with Crippen molar-refractivity contribution in [3.8, 4) is 11.5 Å². The number of carbonyl (C=O) groups excluding carboxylic acids is 2. The Kier molecular flexibility index (Phi) is 4.85. The zero-order chi connectivity index (χ0) is 19.5. The highest BCUT2D eigenvalue weighted by atomic mass is 16.7. The maximum Gasteiger partial charge on any atom is 0.338 e. The topological polar surface area (TPSA) is 73.9 Å². The van der Waals surface area contributed by atoms with E-state index >= 15 is 0 Å². The molecule has 0 radical (unpaired) electrons. The van der Waals surface area contributed by atoms with Crippen molar-refractivity contribution in [3.05, 3.63) is 71.8 Å². The Bertz CT molecular complexity index is 1050. The van der Waals surface area contributed by atoms with Crippen LogP contribution in [0.25, 0.3) is 10.8 Å². The summed E-state index contributed by atoms with van der Waals surface area (Å²) in [5, 5.41) is 4.79. The second-order valence-electron chi connectivity index (χ2n) is 6.54. The van der Waals surface area contributed by atoms with Crippen LogP contribution in [0.4, 0.5) is 0 Å². The van der Waals surface area contributed by atoms with Gasteiger partial charge < -0.3 is 19.5 Å². The number of rotatable bonds is 5. The van der Waals surface area contributed by atoms with Crippen LogP contribution in [-0.4, -0.2) is 25.3 Å². The summed E-state index contributed by atoms with van der Waals surface area (Å²) in [4.78, 5) is 24.4. The van der Waals surface area contributed by atoms with Crippen LogP contribution in [0, 0.1) is 0 Å². The lowest BCUT2D eigenvalue weighted by molar-refractivity contribution is -0.124. The smallest absolute Gasteiger partial charge is 0.338 e. The molecule has 1 aliphatic heterocycles. The highest BCUT2D eigenvalue weighted by Crippen LogP contribution is 2.34. The van der Waals surface area contributed by atoms with Gasteiger partial charge in [0.25, 0.3) is 5.91 Å². The standard InChI is InChI=1S/C22H19NO5/c1-14(16-8-9-19-20(11-16)28-13-27-19)23-21(24)12-26-22(25)18-7-6-15-4-2-3-5-17(15)10-18/h2-11,14H,12-13H2,1H3,(H,23,24)/t14-/m1/s1. The van der Waals surface area contributed by atoms with Gasteiger partial charge in [0.2, 0.25) is 6.79 Å². The van der Waals surface area contributed by atoms with E-state index in [1.54, 1.807) is 18.2 Å². The molecule has 0 saturated heterocycles. The molecular weight excluding hydrogens is 358 g/mol. The molecule has 3 aromatic rings. The fraction of sp³-hybridized carbons (Fsp3) is 0.182. The third kappa shape index (κ3) is 3.76. The van der Waals surface area contributed by atoms with E-state index in [0.717, 1.165) is 16.3 Å². The van der Waals surface area contributed by atoms with Gasteiger partial charge in [-0.15, -0.1) is 0 Å². The van der Waals surface area contributed by atoms with Crippen molar-refractivity contribution in [1.29, 1.82) is 0 Å². The number of carbonyl (C=O) groups is 2. The van der Waals surface area contributed by atoms with Crippen LogP contribution in [0.1, 0.15) is 28.9 Å². The Labute approximate surface area is 162 Å². The first-order valence-corrected chi connectivity index (χ1v) is 8.95. The summed E-state index contributed by atoms with van der Waals surface area (Å²) in [6.45, 7) is 1.70. The quantitative estimate of drug-likeness (QED) is 0.688. The van der Waals surface area contributed by atoms with Gasteiger partial charge >= 0.3 is 5.97 Å². The lowest BCUT2D eigenvalue weighted by Gasteiger charge is -2.15. The average Bonchev–Trinajstić information content (AvgIpc) is 3.19. The molecule has 1 heterocycles. The zero-order valence-electron chi connectivity index (χ0n) is 15.3. The van der Waals surface area contributed by atoms with Gasteiger partial charge in [0.15, 0.2) is 18.1 Å². The number of benzene rings is 3. The molecule has 0 bridgehead atoms. The second kappa shape index (κ2) is 7.60. The van der Waals surface area contributed by atoms with Gasteiger partial charge in [-0.1, -0.05) is 36.4 Å². The van der Waals surface area contributed by atoms with Crippen LogP contribution in [0.15, 0.2) is 60.7 Å². The minimum atomic E-state index is -0.531. The van der Waals surface area contributed by atoms with Gasteiger partial charge in [0.05, 0.1) is 11.6 Å². The van der Waals surface area contributed by atoms with Gasteiger partial charge in [0, 0.05) is 0 Å². The lowest BCUT2D eigenvalue weighted by atomic mass is 10.1. The van der Waals surface area contributed by atoms with Crippen LogP contribution in [0.5, 0.6) is 11.5 Å². The molecule has 1 amide bonds. The first kappa shape index (κ1) is 17.9. The Hall–Kier alpha value is -3.54. The monoisotopic (exact) mass is 377 g/mol. The molecule has 6 heteroatoms. The van der Waals surface area contributed by atoms with Gasteiger partial charge in [-0.2, -0.15) is 0 Å². The molecule has 1 N–H and O–H groups in total. The van der Waals surface area contributed by atoms with Crippen LogP contribution in [0.2, 0.25) is 0 Å². The molecule has 0 aromatic heterocycles. The van der Waals surface area contributed by atoms with Crippen molar-refractivity contribution in [2.75, 3.05) is 13.4 Å². The van der Waals surface area contributed by atoms with Crippen molar-refractivity contribution in [2.45, 2.75) is 13.0 Å². The largest absolute Gasteiger partial charge is 0.454 e. The van der Waals surface area contributed by atoms with E-state index in [0.29, 0.717) is 17.1 Å². The summed E-state index contributed by atoms with van der Waals surface area (Å²) in [5.74, 6) is 0.434. The molecule has 4 rings (SSSR count). The molecule has 3 aromatic carbocycles. The minimum absolute atomic E-state index is 0.199. The molecule has 0 unspecified atom stereocenters. The van der Waals surface area contributed by atoms with Crippen LogP contribution >= 0.6 is 0 Å². The van der Waals surface area contributed by atoms with Crippen molar-refractivity contribution >= 4 is 22.6 Å². The predicted octanol–water partition coefficient (Wildman–Crippen LogP) is 3.60. The molecule has 28 heavy (non-hydrogen) atoms. The molecule has 6 nitrogen and oxygen atoms in total. The Balaban J connectivity index is 1.33. The Morgan fingerprint density at radius 2 is 1.79 bits per heavy atom. The fourth-order valence-electron chi connectivity index (χ4n) is 3.08. The summed E-state index contributed by atoms with van der Waals surface area (Å²) >= 11 is 0. The first-order valence-electron chi connectivity index (χ1n) is 8.95. The normalized spacial score (nSPS) is 13.2. The molecule has 0 aliphatic carbocycles. The summed E-state index contributed by atoms with van der Waals surface area (Å²) in [7, 11) is 0. The predicted molar refractivity (Wildman–Crippen MR) is 103 cm³/mol. The van der Waals surface area contributed by atoms with E-state index in [2.05, 4.69) is 5.32 Å². The lowest BCUT2D eigenvalue weighted by Crippen LogP contribution is -2.31. The van der Waals surface area contributed by atoms with E-state index in [4.69, 9.17) is 14.2 Å². The molecule has 0 spiro atoms. The van der Waals surface area contributed by atoms with Crippen molar-refractivity contribution in [3.63, 3.8) is 0 Å². The second-order valence-corrected chi connectivity index (χ2v) is 6.54. The molecular formula is C22H19NO5. The molecule has 1 aliphatic rings. The zero-order valence-corrected chi connectivity index (χ0v) is 15.3. The Morgan fingerprint density at radius 3 is 2.64 bits per heavy atom. The summed E-state index contributed by atoms with van der Waals surface area (Å²) < 4.78 is 15.8. The van der Waals surface area contributed by atoms with Gasteiger partial charge in [-0.25, -0.2) is 4.79 Å². The SMILES string of the molecule is C[C@@H](NC(=O)COC(=O)c1ccc2ccccc2c1)c1ccc2c(c1)OCO2. The molecule has 142 valence electrons. The van der Waals surface area contributed by atoms with Crippen LogP contribution in [0.3, 0.4) is 0 Å². The fourth-order valence-corrected chi connectivity index (χ4v) is 3.08. The third-order valence-electron chi connectivity index (χ3n) is 4.59. The van der Waals surface area contributed by atoms with E-state index in [9.17, 15) is 9.59 Å². The maximum atomic E-state index is 12.2. The highest BCUT2D eigenvalue weighted by molar-refractivity contribution is 5.96. The Morgan fingerprint density at radius 1 is 1.00 bits per heavy atom. The van der Waals surface area contributed by atoms with Crippen molar-refractivity contribution in [2.24, 2.45) is 0 Å².